The number of anilines is 1. The fourth-order valence-electron chi connectivity index (χ4n) is 6.66. The summed E-state index contributed by atoms with van der Waals surface area (Å²) >= 11 is 6.35. The van der Waals surface area contributed by atoms with Crippen LogP contribution in [-0.4, -0.2) is 51.0 Å². The molecule has 0 saturated heterocycles. The standard InChI is InChI=1S/C29H33ClN2O5S/c30-22-8-10-24-19(14-22)4-3-12-29(24)17-32-16-21-6-9-23(21)26(33)5-1-2-13-38(35,36)31-28(34)20-7-11-27(37-18-29)25(32)15-20/h1,5,7-8,10-11,14-15,21,23,26,33H,2-4,6,9,12-13,16-18H2,(H,31,34)/b5-1+/t21-,23+,26-,29-/m0/s1. The van der Waals surface area contributed by atoms with Crippen molar-refractivity contribution < 1.29 is 23.1 Å². The highest BCUT2D eigenvalue weighted by Crippen LogP contribution is 2.46. The summed E-state index contributed by atoms with van der Waals surface area (Å²) in [5.41, 5.74) is 3.34. The van der Waals surface area contributed by atoms with Gasteiger partial charge in [-0.2, -0.15) is 0 Å². The van der Waals surface area contributed by atoms with Gasteiger partial charge in [-0.1, -0.05) is 29.8 Å². The molecule has 6 rings (SSSR count). The van der Waals surface area contributed by atoms with E-state index in [2.05, 4.69) is 21.8 Å². The SMILES string of the molecule is O=C1NS(=O)(=O)CC/C=C/[C@H](O)[C@@H]2CC[C@H]2CN2C[C@@]3(CCCc4cc(Cl)ccc43)COc3ccc1cc32. The molecule has 0 unspecified atom stereocenters. The normalized spacial score (nSPS) is 31.3. The van der Waals surface area contributed by atoms with Crippen molar-refractivity contribution in [1.29, 1.82) is 0 Å². The third-order valence-corrected chi connectivity index (χ3v) is 10.3. The number of nitrogens with one attached hydrogen (secondary N) is 1. The number of rotatable bonds is 0. The van der Waals surface area contributed by atoms with Crippen LogP contribution >= 0.6 is 11.6 Å². The van der Waals surface area contributed by atoms with Crippen molar-refractivity contribution in [2.45, 2.75) is 50.0 Å². The molecule has 1 spiro atoms. The second-order valence-corrected chi connectivity index (χ2v) is 13.5. The summed E-state index contributed by atoms with van der Waals surface area (Å²) in [7, 11) is -3.82. The van der Waals surface area contributed by atoms with Crippen molar-refractivity contribution in [2.24, 2.45) is 11.8 Å². The number of amides is 1. The molecule has 7 nitrogen and oxygen atoms in total. The molecule has 202 valence electrons. The highest BCUT2D eigenvalue weighted by Gasteiger charge is 2.44. The Balaban J connectivity index is 1.43. The number of hydrogen-bond donors (Lipinski definition) is 2. The summed E-state index contributed by atoms with van der Waals surface area (Å²) in [6.45, 7) is 1.93. The number of sulfonamides is 1. The van der Waals surface area contributed by atoms with Crippen molar-refractivity contribution in [3.05, 3.63) is 70.3 Å². The quantitative estimate of drug-likeness (QED) is 0.472. The largest absolute Gasteiger partial charge is 0.490 e. The third-order valence-electron chi connectivity index (χ3n) is 8.80. The number of nitrogens with zero attached hydrogens (tertiary/aromatic N) is 1. The Morgan fingerprint density at radius 1 is 1.16 bits per heavy atom. The van der Waals surface area contributed by atoms with Crippen molar-refractivity contribution in [2.75, 3.05) is 30.3 Å². The van der Waals surface area contributed by atoms with Gasteiger partial charge in [0.25, 0.3) is 5.91 Å². The number of aliphatic hydroxyl groups excluding tert-OH is 1. The van der Waals surface area contributed by atoms with Crippen LogP contribution in [0.5, 0.6) is 5.75 Å². The van der Waals surface area contributed by atoms with Gasteiger partial charge in [-0.3, -0.25) is 4.79 Å². The molecule has 1 fully saturated rings. The van der Waals surface area contributed by atoms with Crippen LogP contribution in [0.1, 0.15) is 53.6 Å². The predicted octanol–water partition coefficient (Wildman–Crippen LogP) is 4.22. The van der Waals surface area contributed by atoms with Crippen LogP contribution < -0.4 is 14.4 Å². The Bertz CT molecular complexity index is 1390. The van der Waals surface area contributed by atoms with E-state index in [9.17, 15) is 18.3 Å². The van der Waals surface area contributed by atoms with Gasteiger partial charge in [0.15, 0.2) is 0 Å². The average Bonchev–Trinajstić information content (AvgIpc) is 3.01. The maximum atomic E-state index is 13.0. The van der Waals surface area contributed by atoms with Gasteiger partial charge in [-0.25, -0.2) is 13.1 Å². The lowest BCUT2D eigenvalue weighted by atomic mass is 9.68. The highest BCUT2D eigenvalue weighted by atomic mass is 35.5. The Hall–Kier alpha value is -2.55. The number of allylic oxidation sites excluding steroid dienone is 1. The van der Waals surface area contributed by atoms with Crippen molar-refractivity contribution >= 4 is 33.2 Å². The van der Waals surface area contributed by atoms with E-state index >= 15 is 0 Å². The van der Waals surface area contributed by atoms with E-state index in [4.69, 9.17) is 16.3 Å². The number of fused-ring (bicyclic) bond motifs is 4. The lowest BCUT2D eigenvalue weighted by molar-refractivity contribution is 0.0456. The second kappa shape index (κ2) is 9.88. The molecule has 1 saturated carbocycles. The molecular weight excluding hydrogens is 524 g/mol. The van der Waals surface area contributed by atoms with Gasteiger partial charge >= 0.3 is 0 Å². The molecule has 38 heavy (non-hydrogen) atoms. The van der Waals surface area contributed by atoms with Gasteiger partial charge in [0, 0.05) is 29.1 Å². The van der Waals surface area contributed by atoms with Crippen LogP contribution in [-0.2, 0) is 21.9 Å². The summed E-state index contributed by atoms with van der Waals surface area (Å²) in [5.74, 6) is 0.198. The maximum Gasteiger partial charge on any atom is 0.264 e. The van der Waals surface area contributed by atoms with E-state index in [1.165, 1.54) is 11.1 Å². The number of carbonyl (C=O) groups excluding carboxylic acids is 1. The monoisotopic (exact) mass is 556 g/mol. The maximum absolute atomic E-state index is 13.0. The van der Waals surface area contributed by atoms with Gasteiger partial charge in [-0.15, -0.1) is 0 Å². The van der Waals surface area contributed by atoms with Gasteiger partial charge in [0.1, 0.15) is 5.75 Å². The minimum atomic E-state index is -3.82. The number of ether oxygens (including phenoxy) is 1. The molecule has 2 aromatic carbocycles. The van der Waals surface area contributed by atoms with Gasteiger partial charge < -0.3 is 14.7 Å². The number of halogens is 1. The number of aryl methyl sites for hydroxylation is 1. The van der Waals surface area contributed by atoms with Crippen LogP contribution in [0.25, 0.3) is 0 Å². The molecular formula is C29H33ClN2O5S. The molecule has 2 bridgehead atoms. The van der Waals surface area contributed by atoms with Crippen molar-refractivity contribution in [3.8, 4) is 5.75 Å². The molecule has 0 radical (unpaired) electrons. The first-order chi connectivity index (χ1) is 18.2. The van der Waals surface area contributed by atoms with Gasteiger partial charge in [0.2, 0.25) is 10.0 Å². The lowest BCUT2D eigenvalue weighted by Crippen LogP contribution is -2.49. The van der Waals surface area contributed by atoms with Crippen molar-refractivity contribution in [3.63, 3.8) is 0 Å². The van der Waals surface area contributed by atoms with Gasteiger partial charge in [-0.05, 0) is 91.8 Å². The summed E-state index contributed by atoms with van der Waals surface area (Å²) in [6.07, 6.45) is 7.94. The first kappa shape index (κ1) is 25.7. The Morgan fingerprint density at radius 2 is 2.03 bits per heavy atom. The van der Waals surface area contributed by atoms with Crippen molar-refractivity contribution in [1.82, 2.24) is 4.72 Å². The Kier molecular flexibility index (Phi) is 6.69. The van der Waals surface area contributed by atoms with E-state index in [0.29, 0.717) is 18.9 Å². The molecule has 2 aromatic rings. The lowest BCUT2D eigenvalue weighted by Gasteiger charge is -2.45. The minimum Gasteiger partial charge on any atom is -0.490 e. The summed E-state index contributed by atoms with van der Waals surface area (Å²) < 4.78 is 33.8. The predicted molar refractivity (Wildman–Crippen MR) is 147 cm³/mol. The Labute approximate surface area is 228 Å². The Morgan fingerprint density at radius 3 is 2.84 bits per heavy atom. The first-order valence-electron chi connectivity index (χ1n) is 13.4. The molecule has 9 heteroatoms. The number of carbonyl (C=O) groups is 1. The smallest absolute Gasteiger partial charge is 0.264 e. The van der Waals surface area contributed by atoms with Crippen LogP contribution in [0, 0.1) is 11.8 Å². The fourth-order valence-corrected chi connectivity index (χ4v) is 7.81. The van der Waals surface area contributed by atoms with E-state index < -0.39 is 22.0 Å². The average molecular weight is 557 g/mol. The highest BCUT2D eigenvalue weighted by molar-refractivity contribution is 7.90. The molecule has 2 heterocycles. The molecule has 4 aliphatic rings. The molecule has 0 aromatic heterocycles. The van der Waals surface area contributed by atoms with Crippen LogP contribution in [0.3, 0.4) is 0 Å². The van der Waals surface area contributed by atoms with Crippen LogP contribution in [0.2, 0.25) is 5.02 Å². The second-order valence-electron chi connectivity index (χ2n) is 11.2. The van der Waals surface area contributed by atoms with E-state index in [1.807, 2.05) is 6.07 Å². The zero-order valence-corrected chi connectivity index (χ0v) is 22.8. The number of aliphatic hydroxyl groups is 1. The topological polar surface area (TPSA) is 95.9 Å². The summed E-state index contributed by atoms with van der Waals surface area (Å²) in [4.78, 5) is 15.3. The first-order valence-corrected chi connectivity index (χ1v) is 15.5. The van der Waals surface area contributed by atoms with Crippen LogP contribution in [0.15, 0.2) is 48.6 Å². The molecule has 4 atom stereocenters. The van der Waals surface area contributed by atoms with E-state index in [1.54, 1.807) is 30.4 Å². The zero-order valence-electron chi connectivity index (χ0n) is 21.2. The molecule has 2 aliphatic carbocycles. The van der Waals surface area contributed by atoms with E-state index in [0.717, 1.165) is 49.4 Å². The number of benzene rings is 2. The minimum absolute atomic E-state index is 0.108. The van der Waals surface area contributed by atoms with E-state index in [-0.39, 0.29) is 35.0 Å². The summed E-state index contributed by atoms with van der Waals surface area (Å²) in [5, 5.41) is 11.6. The fraction of sp³-hybridized carbons (Fsp3) is 0.483. The zero-order chi connectivity index (χ0) is 26.5. The molecule has 2 aliphatic heterocycles. The molecule has 1 amide bonds. The van der Waals surface area contributed by atoms with Gasteiger partial charge in [0.05, 0.1) is 24.2 Å². The summed E-state index contributed by atoms with van der Waals surface area (Å²) in [6, 6.07) is 11.3. The molecule has 2 N–H and O–H groups in total. The third kappa shape index (κ3) is 4.82. The van der Waals surface area contributed by atoms with Crippen LogP contribution in [0.4, 0.5) is 5.69 Å². The number of hydrogen-bond acceptors (Lipinski definition) is 6.